The zero-order valence-electron chi connectivity index (χ0n) is 16.0. The van der Waals surface area contributed by atoms with Crippen molar-refractivity contribution >= 4 is 11.8 Å². The molecule has 2 fully saturated rings. The maximum absolute atomic E-state index is 12.8. The highest BCUT2D eigenvalue weighted by Crippen LogP contribution is 2.37. The first-order valence-corrected chi connectivity index (χ1v) is 8.58. The van der Waals surface area contributed by atoms with Gasteiger partial charge in [-0.05, 0) is 34.6 Å². The summed E-state index contributed by atoms with van der Waals surface area (Å²) in [5.74, 6) is -1.27. The third kappa shape index (κ3) is 5.13. The Hall–Kier alpha value is -1.22. The average Bonchev–Trinajstić information content (AvgIpc) is 2.92. The van der Waals surface area contributed by atoms with Crippen LogP contribution in [-0.2, 0) is 28.5 Å². The third-order valence-electron chi connectivity index (χ3n) is 3.99. The van der Waals surface area contributed by atoms with Gasteiger partial charge in [-0.15, -0.1) is 0 Å². The fourth-order valence-electron chi connectivity index (χ4n) is 3.13. The van der Waals surface area contributed by atoms with E-state index in [4.69, 9.17) is 18.9 Å². The molecule has 25 heavy (non-hydrogen) atoms. The predicted molar refractivity (Wildman–Crippen MR) is 89.9 cm³/mol. The molecule has 2 aliphatic heterocycles. The molecule has 0 bridgehead atoms. The summed E-state index contributed by atoms with van der Waals surface area (Å²) >= 11 is 0. The topological polar surface area (TPSA) is 86.3 Å². The summed E-state index contributed by atoms with van der Waals surface area (Å²) in [6.07, 6.45) is -0.811. The standard InChI is InChI=1S/C17H30N2O6/c1-16(2,3)18-15(21)13-14-11(24-17(4,5)25-14)9-19(13)12(20)10-23-8-7-22-6/h11,13-14H,7-10H2,1-6H3,(H,18,21)/t11-,13-,14-/m0/s1. The molecule has 2 amide bonds. The highest BCUT2D eigenvalue weighted by Gasteiger charge is 2.56. The zero-order chi connectivity index (χ0) is 18.8. The molecule has 144 valence electrons. The lowest BCUT2D eigenvalue weighted by molar-refractivity contribution is -0.171. The van der Waals surface area contributed by atoms with E-state index in [1.165, 1.54) is 4.90 Å². The number of nitrogens with zero attached hydrogens (tertiary/aromatic N) is 1. The van der Waals surface area contributed by atoms with Gasteiger partial charge in [-0.1, -0.05) is 0 Å². The fraction of sp³-hybridized carbons (Fsp3) is 0.882. The van der Waals surface area contributed by atoms with Crippen LogP contribution in [-0.4, -0.2) is 79.8 Å². The number of methoxy groups -OCH3 is 1. The maximum atomic E-state index is 12.8. The number of carbonyl (C=O) groups excluding carboxylic acids is 2. The maximum Gasteiger partial charge on any atom is 0.249 e. The number of amides is 2. The number of fused-ring (bicyclic) bond motifs is 1. The van der Waals surface area contributed by atoms with Crippen molar-refractivity contribution in [1.82, 2.24) is 10.2 Å². The van der Waals surface area contributed by atoms with Gasteiger partial charge >= 0.3 is 0 Å². The Labute approximate surface area is 149 Å². The molecule has 0 aromatic heterocycles. The Kier molecular flexibility index (Phi) is 6.09. The summed E-state index contributed by atoms with van der Waals surface area (Å²) in [5.41, 5.74) is -0.409. The summed E-state index contributed by atoms with van der Waals surface area (Å²) < 4.78 is 22.0. The van der Waals surface area contributed by atoms with Crippen LogP contribution in [0.5, 0.6) is 0 Å². The molecule has 2 saturated heterocycles. The minimum Gasteiger partial charge on any atom is -0.382 e. The molecule has 2 aliphatic rings. The largest absolute Gasteiger partial charge is 0.382 e. The van der Waals surface area contributed by atoms with Gasteiger partial charge in [0.2, 0.25) is 11.8 Å². The Morgan fingerprint density at radius 2 is 1.92 bits per heavy atom. The first kappa shape index (κ1) is 20.1. The van der Waals surface area contributed by atoms with Crippen LogP contribution in [0.3, 0.4) is 0 Å². The minimum atomic E-state index is -0.764. The van der Waals surface area contributed by atoms with Crippen LogP contribution in [0.4, 0.5) is 0 Å². The van der Waals surface area contributed by atoms with Crippen molar-refractivity contribution in [3.05, 3.63) is 0 Å². The average molecular weight is 358 g/mol. The molecule has 0 spiro atoms. The van der Waals surface area contributed by atoms with E-state index in [1.54, 1.807) is 7.11 Å². The van der Waals surface area contributed by atoms with Crippen LogP contribution in [0, 0.1) is 0 Å². The summed E-state index contributed by atoms with van der Waals surface area (Å²) in [6.45, 7) is 10.2. The van der Waals surface area contributed by atoms with Gasteiger partial charge in [0.1, 0.15) is 24.9 Å². The van der Waals surface area contributed by atoms with E-state index in [2.05, 4.69) is 5.32 Å². The molecular formula is C17H30N2O6. The van der Waals surface area contributed by atoms with Crippen LogP contribution in [0.15, 0.2) is 0 Å². The molecular weight excluding hydrogens is 328 g/mol. The molecule has 2 rings (SSSR count). The van der Waals surface area contributed by atoms with Crippen LogP contribution < -0.4 is 5.32 Å². The molecule has 8 heteroatoms. The van der Waals surface area contributed by atoms with E-state index >= 15 is 0 Å². The lowest BCUT2D eigenvalue weighted by Gasteiger charge is -2.31. The Morgan fingerprint density at radius 1 is 1.24 bits per heavy atom. The molecule has 2 heterocycles. The van der Waals surface area contributed by atoms with Gasteiger partial charge in [0.05, 0.1) is 19.8 Å². The van der Waals surface area contributed by atoms with E-state index < -0.39 is 23.5 Å². The van der Waals surface area contributed by atoms with Gasteiger partial charge in [0.25, 0.3) is 0 Å². The van der Waals surface area contributed by atoms with Crippen molar-refractivity contribution in [2.75, 3.05) is 33.5 Å². The molecule has 0 aliphatic carbocycles. The van der Waals surface area contributed by atoms with Crippen molar-refractivity contribution in [2.24, 2.45) is 0 Å². The second-order valence-corrected chi connectivity index (χ2v) is 7.91. The van der Waals surface area contributed by atoms with Gasteiger partial charge in [-0.3, -0.25) is 9.59 Å². The number of rotatable bonds is 6. The predicted octanol–water partition coefficient (Wildman–Crippen LogP) is 0.295. The molecule has 0 aromatic rings. The molecule has 1 N–H and O–H groups in total. The molecule has 0 unspecified atom stereocenters. The number of carbonyl (C=O) groups is 2. The van der Waals surface area contributed by atoms with Gasteiger partial charge in [0, 0.05) is 12.6 Å². The smallest absolute Gasteiger partial charge is 0.249 e. The highest BCUT2D eigenvalue weighted by molar-refractivity contribution is 5.90. The molecule has 0 radical (unpaired) electrons. The van der Waals surface area contributed by atoms with Gasteiger partial charge < -0.3 is 29.2 Å². The molecule has 8 nitrogen and oxygen atoms in total. The lowest BCUT2D eigenvalue weighted by atomic mass is 10.1. The number of likely N-dealkylation sites (tertiary alicyclic amines) is 1. The number of nitrogens with one attached hydrogen (secondary N) is 1. The van der Waals surface area contributed by atoms with Crippen molar-refractivity contribution in [1.29, 1.82) is 0 Å². The summed E-state index contributed by atoms with van der Waals surface area (Å²) in [5, 5.41) is 2.93. The number of hydrogen-bond acceptors (Lipinski definition) is 6. The summed E-state index contributed by atoms with van der Waals surface area (Å²) in [6, 6.07) is -0.732. The van der Waals surface area contributed by atoms with E-state index in [1.807, 2.05) is 34.6 Å². The third-order valence-corrected chi connectivity index (χ3v) is 3.99. The SMILES string of the molecule is COCCOCC(=O)N1C[C@@H]2OC(C)(C)O[C@@H]2[C@H]1C(=O)NC(C)(C)C. The van der Waals surface area contributed by atoms with Crippen LogP contribution in [0.2, 0.25) is 0 Å². The number of ether oxygens (including phenoxy) is 4. The second-order valence-electron chi connectivity index (χ2n) is 7.91. The zero-order valence-corrected chi connectivity index (χ0v) is 16.0. The Balaban J connectivity index is 2.09. The van der Waals surface area contributed by atoms with Crippen LogP contribution in [0.1, 0.15) is 34.6 Å². The first-order valence-electron chi connectivity index (χ1n) is 8.58. The summed E-state index contributed by atoms with van der Waals surface area (Å²) in [4.78, 5) is 26.9. The molecule has 0 saturated carbocycles. The van der Waals surface area contributed by atoms with Crippen molar-refractivity contribution in [3.63, 3.8) is 0 Å². The van der Waals surface area contributed by atoms with E-state index in [9.17, 15) is 9.59 Å². The fourth-order valence-corrected chi connectivity index (χ4v) is 3.13. The van der Waals surface area contributed by atoms with Gasteiger partial charge in [-0.2, -0.15) is 0 Å². The quantitative estimate of drug-likeness (QED) is 0.687. The van der Waals surface area contributed by atoms with Crippen LogP contribution in [0.25, 0.3) is 0 Å². The highest BCUT2D eigenvalue weighted by atomic mass is 16.8. The van der Waals surface area contributed by atoms with E-state index in [-0.39, 0.29) is 24.5 Å². The number of hydrogen-bond donors (Lipinski definition) is 1. The van der Waals surface area contributed by atoms with Gasteiger partial charge in [-0.25, -0.2) is 0 Å². The molecule has 3 atom stereocenters. The Bertz CT molecular complexity index is 502. The van der Waals surface area contributed by atoms with E-state index in [0.717, 1.165) is 0 Å². The minimum absolute atomic E-state index is 0.106. The van der Waals surface area contributed by atoms with Crippen molar-refractivity contribution in [2.45, 2.75) is 64.2 Å². The second kappa shape index (κ2) is 7.57. The van der Waals surface area contributed by atoms with Crippen molar-refractivity contribution < 1.29 is 28.5 Å². The van der Waals surface area contributed by atoms with Crippen molar-refractivity contribution in [3.8, 4) is 0 Å². The van der Waals surface area contributed by atoms with Crippen LogP contribution >= 0.6 is 0 Å². The monoisotopic (exact) mass is 358 g/mol. The lowest BCUT2D eigenvalue weighted by Crippen LogP contribution is -2.55. The van der Waals surface area contributed by atoms with E-state index in [0.29, 0.717) is 19.8 Å². The normalized spacial score (nSPS) is 28.1. The Morgan fingerprint density at radius 3 is 2.52 bits per heavy atom. The van der Waals surface area contributed by atoms with Gasteiger partial charge in [0.15, 0.2) is 5.79 Å². The molecule has 0 aromatic carbocycles. The first-order chi connectivity index (χ1) is 11.5. The summed E-state index contributed by atoms with van der Waals surface area (Å²) in [7, 11) is 1.57.